The number of piperazine rings is 1. The van der Waals surface area contributed by atoms with Crippen molar-refractivity contribution in [2.75, 3.05) is 13.1 Å². The second-order valence-electron chi connectivity index (χ2n) is 5.32. The molecule has 0 bridgehead atoms. The van der Waals surface area contributed by atoms with Crippen molar-refractivity contribution < 1.29 is 21.6 Å². The summed E-state index contributed by atoms with van der Waals surface area (Å²) in [6.45, 7) is 4.15. The first-order valence-electron chi connectivity index (χ1n) is 6.54. The van der Waals surface area contributed by atoms with Gasteiger partial charge in [-0.3, -0.25) is 0 Å². The van der Waals surface area contributed by atoms with Crippen LogP contribution in [0.15, 0.2) is 29.2 Å². The molecule has 1 aliphatic rings. The van der Waals surface area contributed by atoms with Crippen molar-refractivity contribution in [3.63, 3.8) is 0 Å². The van der Waals surface area contributed by atoms with Gasteiger partial charge in [0, 0.05) is 25.2 Å². The first kappa shape index (κ1) is 16.3. The maximum absolute atomic E-state index is 12.7. The SMILES string of the molecule is CC1CN(S(=O)(=O)c2cccc(C(F)(F)F)c2)CC(C)N1. The number of hydrogen-bond acceptors (Lipinski definition) is 3. The normalized spacial score (nSPS) is 25.0. The Balaban J connectivity index is 2.36. The molecule has 0 aromatic heterocycles. The Morgan fingerprint density at radius 2 is 1.76 bits per heavy atom. The lowest BCUT2D eigenvalue weighted by molar-refractivity contribution is -0.137. The van der Waals surface area contributed by atoms with Crippen LogP contribution in [0.3, 0.4) is 0 Å². The van der Waals surface area contributed by atoms with Gasteiger partial charge < -0.3 is 5.32 Å². The number of nitrogens with zero attached hydrogens (tertiary/aromatic N) is 1. The van der Waals surface area contributed by atoms with Gasteiger partial charge in [0.2, 0.25) is 10.0 Å². The van der Waals surface area contributed by atoms with Crippen LogP contribution in [0.2, 0.25) is 0 Å². The molecule has 1 aliphatic heterocycles. The van der Waals surface area contributed by atoms with E-state index >= 15 is 0 Å². The Hall–Kier alpha value is -1.12. The standard InChI is InChI=1S/C13H17F3N2O2S/c1-9-7-18(8-10(2)17-9)21(19,20)12-5-3-4-11(6-12)13(14,15)16/h3-6,9-10,17H,7-8H2,1-2H3. The van der Waals surface area contributed by atoms with Crippen molar-refractivity contribution in [2.45, 2.75) is 37.0 Å². The Morgan fingerprint density at radius 3 is 2.29 bits per heavy atom. The zero-order chi connectivity index (χ0) is 15.8. The molecular weight excluding hydrogens is 305 g/mol. The van der Waals surface area contributed by atoms with Gasteiger partial charge in [-0.25, -0.2) is 8.42 Å². The second-order valence-corrected chi connectivity index (χ2v) is 7.25. The van der Waals surface area contributed by atoms with Crippen LogP contribution >= 0.6 is 0 Å². The van der Waals surface area contributed by atoms with Gasteiger partial charge in [-0.15, -0.1) is 0 Å². The highest BCUT2D eigenvalue weighted by atomic mass is 32.2. The van der Waals surface area contributed by atoms with E-state index in [4.69, 9.17) is 0 Å². The van der Waals surface area contributed by atoms with Crippen LogP contribution in [0.4, 0.5) is 13.2 Å². The van der Waals surface area contributed by atoms with E-state index < -0.39 is 21.8 Å². The molecule has 0 aliphatic carbocycles. The van der Waals surface area contributed by atoms with Gasteiger partial charge in [-0.2, -0.15) is 17.5 Å². The van der Waals surface area contributed by atoms with E-state index in [-0.39, 0.29) is 30.1 Å². The molecule has 1 aromatic rings. The molecule has 4 nitrogen and oxygen atoms in total. The van der Waals surface area contributed by atoms with Gasteiger partial charge in [0.1, 0.15) is 0 Å². The smallest absolute Gasteiger partial charge is 0.309 e. The maximum Gasteiger partial charge on any atom is 0.416 e. The van der Waals surface area contributed by atoms with Crippen molar-refractivity contribution in [1.82, 2.24) is 9.62 Å². The number of alkyl halides is 3. The average Bonchev–Trinajstić information content (AvgIpc) is 2.36. The van der Waals surface area contributed by atoms with Gasteiger partial charge in [0.05, 0.1) is 10.5 Å². The Morgan fingerprint density at radius 1 is 1.19 bits per heavy atom. The first-order chi connectivity index (χ1) is 9.60. The summed E-state index contributed by atoms with van der Waals surface area (Å²) in [6, 6.07) is 3.77. The molecule has 1 N–H and O–H groups in total. The van der Waals surface area contributed by atoms with Crippen molar-refractivity contribution in [3.05, 3.63) is 29.8 Å². The predicted octanol–water partition coefficient (Wildman–Crippen LogP) is 2.08. The van der Waals surface area contributed by atoms with Crippen molar-refractivity contribution in [1.29, 1.82) is 0 Å². The van der Waals surface area contributed by atoms with Crippen LogP contribution in [0.25, 0.3) is 0 Å². The fourth-order valence-electron chi connectivity index (χ4n) is 2.45. The summed E-state index contributed by atoms with van der Waals surface area (Å²) in [6.07, 6.45) is -4.56. The first-order valence-corrected chi connectivity index (χ1v) is 7.98. The maximum atomic E-state index is 12.7. The van der Waals surface area contributed by atoms with E-state index in [1.54, 1.807) is 0 Å². The molecular formula is C13H17F3N2O2S. The molecule has 21 heavy (non-hydrogen) atoms. The van der Waals surface area contributed by atoms with Crippen LogP contribution in [0, 0.1) is 0 Å². The third-order valence-electron chi connectivity index (χ3n) is 3.32. The van der Waals surface area contributed by atoms with Gasteiger partial charge in [0.15, 0.2) is 0 Å². The van der Waals surface area contributed by atoms with E-state index in [1.807, 2.05) is 13.8 Å². The molecule has 2 atom stereocenters. The summed E-state index contributed by atoms with van der Waals surface area (Å²) >= 11 is 0. The third kappa shape index (κ3) is 3.56. The van der Waals surface area contributed by atoms with E-state index in [2.05, 4.69) is 5.32 Å². The average molecular weight is 322 g/mol. The number of benzene rings is 1. The van der Waals surface area contributed by atoms with Gasteiger partial charge in [-0.05, 0) is 32.0 Å². The number of hydrogen-bond donors (Lipinski definition) is 1. The summed E-state index contributed by atoms with van der Waals surface area (Å²) in [5.74, 6) is 0. The predicted molar refractivity (Wildman–Crippen MR) is 72.3 cm³/mol. The minimum absolute atomic E-state index is 0.0469. The van der Waals surface area contributed by atoms with Gasteiger partial charge in [-0.1, -0.05) is 6.07 Å². The minimum atomic E-state index is -4.56. The van der Waals surface area contributed by atoms with Crippen LogP contribution < -0.4 is 5.32 Å². The monoisotopic (exact) mass is 322 g/mol. The summed E-state index contributed by atoms with van der Waals surface area (Å²) in [5.41, 5.74) is -0.959. The highest BCUT2D eigenvalue weighted by Gasteiger charge is 2.34. The van der Waals surface area contributed by atoms with Crippen molar-refractivity contribution in [3.8, 4) is 0 Å². The topological polar surface area (TPSA) is 49.4 Å². The van der Waals surface area contributed by atoms with Crippen molar-refractivity contribution >= 4 is 10.0 Å². The van der Waals surface area contributed by atoms with Crippen LogP contribution in [-0.4, -0.2) is 37.9 Å². The molecule has 0 radical (unpaired) electrons. The number of nitrogens with one attached hydrogen (secondary N) is 1. The fourth-order valence-corrected chi connectivity index (χ4v) is 4.12. The van der Waals surface area contributed by atoms with Crippen LogP contribution in [0.1, 0.15) is 19.4 Å². The Labute approximate surface area is 122 Å². The molecule has 1 fully saturated rings. The summed E-state index contributed by atoms with van der Waals surface area (Å²) in [4.78, 5) is -0.321. The molecule has 0 amide bonds. The van der Waals surface area contributed by atoms with Crippen molar-refractivity contribution in [2.24, 2.45) is 0 Å². The Kier molecular flexibility index (Phi) is 4.32. The zero-order valence-electron chi connectivity index (χ0n) is 11.7. The minimum Gasteiger partial charge on any atom is -0.309 e. The highest BCUT2D eigenvalue weighted by molar-refractivity contribution is 7.89. The quantitative estimate of drug-likeness (QED) is 0.907. The van der Waals surface area contributed by atoms with E-state index in [9.17, 15) is 21.6 Å². The summed E-state index contributed by atoms with van der Waals surface area (Å²) in [5, 5.41) is 3.18. The molecule has 2 rings (SSSR count). The number of halogens is 3. The van der Waals surface area contributed by atoms with E-state index in [0.29, 0.717) is 6.07 Å². The number of rotatable bonds is 2. The van der Waals surface area contributed by atoms with E-state index in [1.165, 1.54) is 10.4 Å². The third-order valence-corrected chi connectivity index (χ3v) is 5.15. The fraction of sp³-hybridized carbons (Fsp3) is 0.538. The molecule has 0 saturated carbocycles. The van der Waals surface area contributed by atoms with Gasteiger partial charge in [0.25, 0.3) is 0 Å². The molecule has 0 spiro atoms. The van der Waals surface area contributed by atoms with Gasteiger partial charge >= 0.3 is 6.18 Å². The molecule has 1 saturated heterocycles. The molecule has 1 heterocycles. The molecule has 1 aromatic carbocycles. The lowest BCUT2D eigenvalue weighted by atomic mass is 10.2. The Bertz CT molecular complexity index is 606. The molecule has 2 unspecified atom stereocenters. The molecule has 118 valence electrons. The largest absolute Gasteiger partial charge is 0.416 e. The lowest BCUT2D eigenvalue weighted by Gasteiger charge is -2.35. The summed E-state index contributed by atoms with van der Waals surface area (Å²) in [7, 11) is -3.92. The van der Waals surface area contributed by atoms with Crippen LogP contribution in [-0.2, 0) is 16.2 Å². The second kappa shape index (κ2) is 5.58. The van der Waals surface area contributed by atoms with E-state index in [0.717, 1.165) is 12.1 Å². The highest BCUT2D eigenvalue weighted by Crippen LogP contribution is 2.31. The molecule has 8 heteroatoms. The van der Waals surface area contributed by atoms with Crippen LogP contribution in [0.5, 0.6) is 0 Å². The zero-order valence-corrected chi connectivity index (χ0v) is 12.5. The number of sulfonamides is 1. The lowest BCUT2D eigenvalue weighted by Crippen LogP contribution is -2.55. The summed E-state index contributed by atoms with van der Waals surface area (Å²) < 4.78 is 64.3.